The monoisotopic (exact) mass is 391 g/mol. The molecule has 4 heteroatoms. The van der Waals surface area contributed by atoms with Crippen molar-refractivity contribution >= 4 is 10.9 Å². The number of aromatic amines is 1. The molecule has 0 atom stereocenters. The number of ether oxygens (including phenoxy) is 1. The van der Waals surface area contributed by atoms with E-state index in [1.807, 2.05) is 24.3 Å². The van der Waals surface area contributed by atoms with E-state index in [1.54, 1.807) is 6.07 Å². The van der Waals surface area contributed by atoms with Crippen LogP contribution < -0.4 is 10.3 Å². The highest BCUT2D eigenvalue weighted by Crippen LogP contribution is 2.31. The number of hydrogen-bond acceptors (Lipinski definition) is 2. The van der Waals surface area contributed by atoms with Crippen molar-refractivity contribution in [1.29, 1.82) is 0 Å². The van der Waals surface area contributed by atoms with E-state index >= 15 is 0 Å². The van der Waals surface area contributed by atoms with Gasteiger partial charge in [0.15, 0.2) is 0 Å². The Morgan fingerprint density at radius 2 is 1.86 bits per heavy atom. The van der Waals surface area contributed by atoms with E-state index in [9.17, 15) is 4.79 Å². The highest BCUT2D eigenvalue weighted by molar-refractivity contribution is 5.84. The largest absolute Gasteiger partial charge is 0.493 e. The summed E-state index contributed by atoms with van der Waals surface area (Å²) in [6.07, 6.45) is 3.56. The number of rotatable bonds is 6. The van der Waals surface area contributed by atoms with Crippen LogP contribution in [0, 0.1) is 6.92 Å². The van der Waals surface area contributed by atoms with Crippen molar-refractivity contribution < 1.29 is 9.22 Å². The zero-order chi connectivity index (χ0) is 20.3. The molecule has 4 rings (SSSR count). The number of nitrogens with one attached hydrogen (secondary N) is 1. The third-order valence-corrected chi connectivity index (χ3v) is 6.37. The van der Waals surface area contributed by atoms with E-state index in [1.165, 1.54) is 37.1 Å². The first-order chi connectivity index (χ1) is 14.0. The average Bonchev–Trinajstić information content (AvgIpc) is 2.71. The first-order valence-corrected chi connectivity index (χ1v) is 10.7. The average molecular weight is 392 g/mol. The maximum Gasteiger partial charge on any atom is 0.248 e. The molecule has 0 radical (unpaired) electrons. The highest BCUT2D eigenvalue weighted by Gasteiger charge is 2.30. The number of benzene rings is 2. The van der Waals surface area contributed by atoms with Gasteiger partial charge >= 0.3 is 0 Å². The topological polar surface area (TPSA) is 42.1 Å². The Bertz CT molecular complexity index is 1030. The summed E-state index contributed by atoms with van der Waals surface area (Å²) in [4.78, 5) is 14.4. The molecular formula is C25H31N2O2+. The Hall–Kier alpha value is -2.59. The van der Waals surface area contributed by atoms with Gasteiger partial charge in [0.25, 0.3) is 0 Å². The number of hydrogen-bond donors (Lipinski definition) is 1. The second-order valence-corrected chi connectivity index (χ2v) is 8.72. The number of fused-ring (bicyclic) bond motifs is 1. The van der Waals surface area contributed by atoms with Crippen LogP contribution in [0.1, 0.15) is 36.3 Å². The zero-order valence-electron chi connectivity index (χ0n) is 17.5. The molecule has 1 N–H and O–H groups in total. The maximum absolute atomic E-state index is 11.5. The SMILES string of the molecule is Cc1cccc(C2CC[N+](C)(CCCOc3cccc4[nH]c(=O)ccc34)CC2)c1. The predicted octanol–water partition coefficient (Wildman–Crippen LogP) is 4.63. The van der Waals surface area contributed by atoms with E-state index < -0.39 is 0 Å². The number of piperidine rings is 1. The number of nitrogens with zero attached hydrogens (tertiary/aromatic N) is 1. The van der Waals surface area contributed by atoms with Crippen molar-refractivity contribution in [1.82, 2.24) is 4.98 Å². The lowest BCUT2D eigenvalue weighted by Gasteiger charge is -2.41. The van der Waals surface area contributed by atoms with Crippen molar-refractivity contribution in [3.63, 3.8) is 0 Å². The number of quaternary nitrogens is 1. The summed E-state index contributed by atoms with van der Waals surface area (Å²) in [7, 11) is 2.38. The normalized spacial score (nSPS) is 21.9. The molecule has 1 aliphatic rings. The molecule has 1 aliphatic heterocycles. The van der Waals surface area contributed by atoms with Crippen LogP contribution in [-0.2, 0) is 0 Å². The van der Waals surface area contributed by atoms with Crippen LogP contribution in [0.25, 0.3) is 10.9 Å². The van der Waals surface area contributed by atoms with Gasteiger partial charge in [-0.05, 0) is 36.6 Å². The summed E-state index contributed by atoms with van der Waals surface area (Å²) in [5, 5.41) is 0.964. The van der Waals surface area contributed by atoms with Crippen LogP contribution in [0.5, 0.6) is 5.75 Å². The third kappa shape index (κ3) is 4.70. The minimum absolute atomic E-state index is 0.0823. The van der Waals surface area contributed by atoms with Gasteiger partial charge < -0.3 is 14.2 Å². The summed E-state index contributed by atoms with van der Waals surface area (Å²) in [6, 6.07) is 18.2. The van der Waals surface area contributed by atoms with Crippen molar-refractivity contribution in [2.45, 2.75) is 32.1 Å². The van der Waals surface area contributed by atoms with Gasteiger partial charge in [-0.25, -0.2) is 0 Å². The van der Waals surface area contributed by atoms with E-state index in [0.717, 1.165) is 34.1 Å². The number of likely N-dealkylation sites (tertiary alicyclic amines) is 1. The molecule has 4 nitrogen and oxygen atoms in total. The summed E-state index contributed by atoms with van der Waals surface area (Å²) < 4.78 is 7.20. The minimum atomic E-state index is -0.0823. The van der Waals surface area contributed by atoms with Crippen LogP contribution >= 0.6 is 0 Å². The van der Waals surface area contributed by atoms with Gasteiger partial charge in [0.05, 0.1) is 38.8 Å². The van der Waals surface area contributed by atoms with Gasteiger partial charge in [0, 0.05) is 30.7 Å². The molecule has 1 fully saturated rings. The molecule has 2 aromatic carbocycles. The lowest BCUT2D eigenvalue weighted by Crippen LogP contribution is -2.50. The van der Waals surface area contributed by atoms with Crippen LogP contribution in [-0.4, -0.2) is 42.8 Å². The molecule has 1 aromatic heterocycles. The van der Waals surface area contributed by atoms with E-state index in [0.29, 0.717) is 12.5 Å². The number of pyridine rings is 1. The molecule has 0 aliphatic carbocycles. The van der Waals surface area contributed by atoms with Gasteiger partial charge in [-0.1, -0.05) is 35.9 Å². The summed E-state index contributed by atoms with van der Waals surface area (Å²) in [5.74, 6) is 1.55. The quantitative estimate of drug-likeness (QED) is 0.492. The summed E-state index contributed by atoms with van der Waals surface area (Å²) >= 11 is 0. The van der Waals surface area contributed by atoms with E-state index in [-0.39, 0.29) is 5.56 Å². The second-order valence-electron chi connectivity index (χ2n) is 8.72. The molecule has 29 heavy (non-hydrogen) atoms. The van der Waals surface area contributed by atoms with Gasteiger partial charge in [0.2, 0.25) is 5.56 Å². The smallest absolute Gasteiger partial charge is 0.248 e. The van der Waals surface area contributed by atoms with Gasteiger partial charge in [-0.3, -0.25) is 4.79 Å². The molecule has 152 valence electrons. The van der Waals surface area contributed by atoms with Crippen LogP contribution in [0.15, 0.2) is 59.4 Å². The van der Waals surface area contributed by atoms with Crippen molar-refractivity contribution in [2.24, 2.45) is 0 Å². The van der Waals surface area contributed by atoms with Crippen LogP contribution in [0.4, 0.5) is 0 Å². The molecule has 2 heterocycles. The molecule has 1 saturated heterocycles. The van der Waals surface area contributed by atoms with Crippen molar-refractivity contribution in [3.05, 3.63) is 76.1 Å². The highest BCUT2D eigenvalue weighted by atomic mass is 16.5. The second kappa shape index (κ2) is 8.42. The first kappa shape index (κ1) is 19.7. The summed E-state index contributed by atoms with van der Waals surface area (Å²) in [6.45, 7) is 6.48. The Labute approximate surface area is 172 Å². The fourth-order valence-electron chi connectivity index (χ4n) is 4.58. The molecular weight excluding hydrogens is 360 g/mol. The minimum Gasteiger partial charge on any atom is -0.493 e. The third-order valence-electron chi connectivity index (χ3n) is 6.37. The lowest BCUT2D eigenvalue weighted by molar-refractivity contribution is -0.914. The van der Waals surface area contributed by atoms with Crippen molar-refractivity contribution in [3.8, 4) is 5.75 Å². The standard InChI is InChI=1S/C25H30N2O2/c1-19-6-3-7-21(18-19)20-12-15-27(2,16-13-20)14-5-17-29-24-9-4-8-23-22(24)10-11-25(28)26-23/h3-4,6-11,18,20H,5,12-17H2,1-2H3/p+1. The fraction of sp³-hybridized carbons (Fsp3) is 0.400. The number of aryl methyl sites for hydroxylation is 1. The van der Waals surface area contributed by atoms with Gasteiger partial charge in [-0.2, -0.15) is 0 Å². The molecule has 0 spiro atoms. The van der Waals surface area contributed by atoms with Crippen LogP contribution in [0.3, 0.4) is 0 Å². The van der Waals surface area contributed by atoms with E-state index in [2.05, 4.69) is 43.2 Å². The van der Waals surface area contributed by atoms with Gasteiger partial charge in [0.1, 0.15) is 5.75 Å². The van der Waals surface area contributed by atoms with Crippen molar-refractivity contribution in [2.75, 3.05) is 33.3 Å². The molecule has 3 aromatic rings. The number of aromatic nitrogens is 1. The Morgan fingerprint density at radius 3 is 2.66 bits per heavy atom. The zero-order valence-corrected chi connectivity index (χ0v) is 17.5. The molecule has 0 bridgehead atoms. The van der Waals surface area contributed by atoms with Crippen LogP contribution in [0.2, 0.25) is 0 Å². The molecule has 0 amide bonds. The molecule has 0 saturated carbocycles. The number of H-pyrrole nitrogens is 1. The predicted molar refractivity (Wildman–Crippen MR) is 119 cm³/mol. The molecule has 0 unspecified atom stereocenters. The Balaban J connectivity index is 1.29. The first-order valence-electron chi connectivity index (χ1n) is 10.7. The van der Waals surface area contributed by atoms with Gasteiger partial charge in [-0.15, -0.1) is 0 Å². The Kier molecular flexibility index (Phi) is 5.72. The van der Waals surface area contributed by atoms with E-state index in [4.69, 9.17) is 4.74 Å². The maximum atomic E-state index is 11.5. The Morgan fingerprint density at radius 1 is 1.07 bits per heavy atom. The fourth-order valence-corrected chi connectivity index (χ4v) is 4.58. The lowest BCUT2D eigenvalue weighted by atomic mass is 9.87. The summed E-state index contributed by atoms with van der Waals surface area (Å²) in [5.41, 5.74) is 3.61.